The molecule has 118 valence electrons. The number of nitrogens with zero attached hydrogens (tertiary/aromatic N) is 2. The van der Waals surface area contributed by atoms with Crippen LogP contribution in [0.15, 0.2) is 66.9 Å². The molecule has 2 nitrogen and oxygen atoms in total. The number of rotatable bonds is 0. The first-order valence-electron chi connectivity index (χ1n) is 7.34. The Hall–Kier alpha value is -2.28. The van der Waals surface area contributed by atoms with Crippen LogP contribution in [0.25, 0.3) is 33.0 Å². The van der Waals surface area contributed by atoms with Gasteiger partial charge in [0.05, 0.1) is 0 Å². The van der Waals surface area contributed by atoms with Crippen LogP contribution < -0.4 is 28.4 Å². The maximum Gasteiger partial charge on any atom is 0.292 e. The Morgan fingerprint density at radius 3 is 2.29 bits per heavy atom. The summed E-state index contributed by atoms with van der Waals surface area (Å²) < 4.78 is 31.0. The molecule has 0 aliphatic rings. The van der Waals surface area contributed by atoms with Crippen molar-refractivity contribution in [1.29, 1.82) is 0 Å². The summed E-state index contributed by atoms with van der Waals surface area (Å²) in [5, 5.41) is 1.68. The van der Waals surface area contributed by atoms with Crippen LogP contribution in [0.5, 0.6) is 0 Å². The first-order valence-corrected chi connectivity index (χ1v) is 7.34. The normalized spacial score (nSPS) is 11.4. The highest BCUT2D eigenvalue weighted by Gasteiger charge is 2.17. The van der Waals surface area contributed by atoms with Crippen LogP contribution in [0.3, 0.4) is 0 Å². The van der Waals surface area contributed by atoms with Gasteiger partial charge in [-0.25, -0.2) is 8.78 Å². The predicted octanol–water partition coefficient (Wildman–Crippen LogP) is 1.27. The number of hydrogen-bond donors (Lipinski definition) is 0. The molecule has 0 bridgehead atoms. The van der Waals surface area contributed by atoms with Crippen molar-refractivity contribution in [2.75, 3.05) is 0 Å². The zero-order chi connectivity index (χ0) is 15.6. The lowest BCUT2D eigenvalue weighted by Gasteiger charge is -1.99. The minimum atomic E-state index is -0.248. The number of hydrogen-bond acceptors (Lipinski definition) is 0. The molecule has 2 aromatic carbocycles. The number of halogens is 3. The Labute approximate surface area is 153 Å². The molecule has 5 heteroatoms. The quantitative estimate of drug-likeness (QED) is 0.258. The molecular weight excluding hydrogens is 421 g/mol. The third kappa shape index (κ3) is 2.07. The number of aromatic nitrogens is 2. The number of pyridine rings is 2. The Balaban J connectivity index is 0.00000146. The number of fused-ring (bicyclic) bond motifs is 7. The van der Waals surface area contributed by atoms with Gasteiger partial charge in [-0.3, -0.25) is 0 Å². The second-order valence-electron chi connectivity index (χ2n) is 5.69. The van der Waals surface area contributed by atoms with E-state index in [4.69, 9.17) is 0 Å². The molecule has 0 unspecified atom stereocenters. The maximum atomic E-state index is 13.5. The minimum absolute atomic E-state index is 0. The molecule has 0 saturated heterocycles. The van der Waals surface area contributed by atoms with E-state index in [1.807, 2.05) is 34.9 Å². The molecule has 0 spiro atoms. The van der Waals surface area contributed by atoms with Crippen LogP contribution in [0, 0.1) is 11.6 Å². The van der Waals surface area contributed by atoms with E-state index in [1.54, 1.807) is 12.1 Å². The topological polar surface area (TPSA) is 8.51 Å². The van der Waals surface area contributed by atoms with E-state index < -0.39 is 0 Å². The molecule has 5 aromatic rings. The molecule has 0 fully saturated rings. The van der Waals surface area contributed by atoms with Crippen LogP contribution in [-0.2, 0) is 0 Å². The van der Waals surface area contributed by atoms with Crippen molar-refractivity contribution >= 4 is 33.0 Å². The highest BCUT2D eigenvalue weighted by Crippen LogP contribution is 2.22. The number of benzene rings is 2. The molecule has 0 aliphatic carbocycles. The lowest BCUT2D eigenvalue weighted by molar-refractivity contribution is -0.479. The summed E-state index contributed by atoms with van der Waals surface area (Å²) in [6.07, 6.45) is 2.01. The molecule has 5 rings (SSSR count). The van der Waals surface area contributed by atoms with Crippen molar-refractivity contribution in [3.63, 3.8) is 0 Å². The largest absolute Gasteiger partial charge is 1.00 e. The Morgan fingerprint density at radius 1 is 0.750 bits per heavy atom. The van der Waals surface area contributed by atoms with E-state index in [9.17, 15) is 8.78 Å². The second kappa shape index (κ2) is 5.37. The van der Waals surface area contributed by atoms with Gasteiger partial charge in [-0.1, -0.05) is 0 Å². The summed E-state index contributed by atoms with van der Waals surface area (Å²) in [5.74, 6) is -0.496. The van der Waals surface area contributed by atoms with Gasteiger partial charge in [0.15, 0.2) is 5.52 Å². The maximum absolute atomic E-state index is 13.5. The van der Waals surface area contributed by atoms with E-state index in [-0.39, 0.29) is 35.6 Å². The minimum Gasteiger partial charge on any atom is -1.00 e. The monoisotopic (exact) mass is 432 g/mol. The van der Waals surface area contributed by atoms with E-state index in [1.165, 1.54) is 24.3 Å². The van der Waals surface area contributed by atoms with Crippen molar-refractivity contribution in [3.8, 4) is 0 Å². The third-order valence-corrected chi connectivity index (χ3v) is 4.32. The fraction of sp³-hybridized carbons (Fsp3) is 0. The Bertz CT molecular complexity index is 1240. The highest BCUT2D eigenvalue weighted by atomic mass is 127. The van der Waals surface area contributed by atoms with Gasteiger partial charge < -0.3 is 24.0 Å². The summed E-state index contributed by atoms with van der Waals surface area (Å²) in [7, 11) is 0. The van der Waals surface area contributed by atoms with Gasteiger partial charge in [0, 0.05) is 16.8 Å². The standard InChI is InChI=1S/C19H11F2N2.HI/c20-14-3-6-17-12(9-14)2-8-19-22(17)11-16-5-1-13-10-15(21)4-7-18(13)23(16)19;/h1-11H;1H/q+1;/p-1. The van der Waals surface area contributed by atoms with Crippen molar-refractivity contribution in [2.24, 2.45) is 0 Å². The van der Waals surface area contributed by atoms with E-state index in [0.29, 0.717) is 0 Å². The average Bonchev–Trinajstić information content (AvgIpc) is 2.93. The van der Waals surface area contributed by atoms with Gasteiger partial charge in [0.2, 0.25) is 0 Å². The van der Waals surface area contributed by atoms with Gasteiger partial charge >= 0.3 is 0 Å². The van der Waals surface area contributed by atoms with Gasteiger partial charge in [0.25, 0.3) is 5.65 Å². The van der Waals surface area contributed by atoms with Gasteiger partial charge in [-0.05, 0) is 54.6 Å². The number of imidazole rings is 1. The molecule has 0 atom stereocenters. The molecule has 0 radical (unpaired) electrons. The Morgan fingerprint density at radius 2 is 1.46 bits per heavy atom. The zero-order valence-electron chi connectivity index (χ0n) is 12.4. The van der Waals surface area contributed by atoms with Gasteiger partial charge in [-0.2, -0.15) is 8.80 Å². The molecule has 3 aromatic heterocycles. The van der Waals surface area contributed by atoms with E-state index >= 15 is 0 Å². The average molecular weight is 432 g/mol. The SMILES string of the molecule is Fc1ccc2c(ccc3c[n+]4c5ccc(F)cc5ccc4n32)c1.[I-]. The van der Waals surface area contributed by atoms with Gasteiger partial charge in [0.1, 0.15) is 28.9 Å². The smallest absolute Gasteiger partial charge is 0.292 e. The zero-order valence-corrected chi connectivity index (χ0v) is 14.5. The van der Waals surface area contributed by atoms with Crippen LogP contribution in [-0.4, -0.2) is 4.40 Å². The van der Waals surface area contributed by atoms with Crippen LogP contribution in [0.1, 0.15) is 0 Å². The molecule has 0 amide bonds. The summed E-state index contributed by atoms with van der Waals surface area (Å²) in [5.41, 5.74) is 3.83. The van der Waals surface area contributed by atoms with Crippen molar-refractivity contribution in [3.05, 3.63) is 78.5 Å². The van der Waals surface area contributed by atoms with Crippen LogP contribution in [0.4, 0.5) is 8.78 Å². The van der Waals surface area contributed by atoms with Crippen LogP contribution in [0.2, 0.25) is 0 Å². The first-order chi connectivity index (χ1) is 11.2. The highest BCUT2D eigenvalue weighted by molar-refractivity contribution is 5.85. The van der Waals surface area contributed by atoms with E-state index in [2.05, 4.69) is 4.40 Å². The van der Waals surface area contributed by atoms with Crippen molar-refractivity contribution < 1.29 is 37.2 Å². The molecular formula is C19H11F2IN2. The summed E-state index contributed by atoms with van der Waals surface area (Å²) >= 11 is 0. The molecule has 0 N–H and O–H groups in total. The second-order valence-corrected chi connectivity index (χ2v) is 5.69. The Kier molecular flexibility index (Phi) is 3.42. The summed E-state index contributed by atoms with van der Waals surface area (Å²) in [6.45, 7) is 0. The van der Waals surface area contributed by atoms with Crippen LogP contribution >= 0.6 is 0 Å². The molecule has 0 aliphatic heterocycles. The van der Waals surface area contributed by atoms with E-state index in [0.717, 1.165) is 33.0 Å². The molecule has 0 saturated carbocycles. The fourth-order valence-corrected chi connectivity index (χ4v) is 3.30. The fourth-order valence-electron chi connectivity index (χ4n) is 3.30. The van der Waals surface area contributed by atoms with Crippen molar-refractivity contribution in [2.45, 2.75) is 0 Å². The molecule has 3 heterocycles. The summed E-state index contributed by atoms with van der Waals surface area (Å²) in [6, 6.07) is 17.3. The summed E-state index contributed by atoms with van der Waals surface area (Å²) in [4.78, 5) is 0. The third-order valence-electron chi connectivity index (χ3n) is 4.32. The first kappa shape index (κ1) is 15.3. The predicted molar refractivity (Wildman–Crippen MR) is 85.5 cm³/mol. The lowest BCUT2D eigenvalue weighted by atomic mass is 10.2. The van der Waals surface area contributed by atoms with Crippen molar-refractivity contribution in [1.82, 2.24) is 4.40 Å². The molecule has 24 heavy (non-hydrogen) atoms. The lowest BCUT2D eigenvalue weighted by Crippen LogP contribution is -3.00. The van der Waals surface area contributed by atoms with Gasteiger partial charge in [-0.15, -0.1) is 0 Å².